The summed E-state index contributed by atoms with van der Waals surface area (Å²) in [6, 6.07) is 15.1. The van der Waals surface area contributed by atoms with Gasteiger partial charge in [-0.3, -0.25) is 20.3 Å². The molecule has 7 N–H and O–H groups in total. The Morgan fingerprint density at radius 2 is 1.65 bits per heavy atom. The molecular weight excluding hydrogens is 526 g/mol. The van der Waals surface area contributed by atoms with Crippen molar-refractivity contribution in [3.05, 3.63) is 89.5 Å². The van der Waals surface area contributed by atoms with E-state index >= 15 is 0 Å². The van der Waals surface area contributed by atoms with Crippen LogP contribution in [0.4, 0.5) is 0 Å². The molecule has 2 aliphatic rings. The van der Waals surface area contributed by atoms with E-state index in [1.807, 2.05) is 0 Å². The quantitative estimate of drug-likeness (QED) is 0.216. The molecule has 0 radical (unpaired) electrons. The van der Waals surface area contributed by atoms with E-state index < -0.39 is 10.0 Å². The van der Waals surface area contributed by atoms with Crippen LogP contribution in [-0.4, -0.2) is 57.4 Å². The summed E-state index contributed by atoms with van der Waals surface area (Å²) in [5.41, 5.74) is 13.0. The second-order valence-electron chi connectivity index (χ2n) is 10.1. The number of amides is 1. The predicted molar refractivity (Wildman–Crippen MR) is 159 cm³/mol. The van der Waals surface area contributed by atoms with Crippen molar-refractivity contribution in [1.29, 1.82) is 0 Å². The van der Waals surface area contributed by atoms with Gasteiger partial charge in [-0.1, -0.05) is 36.4 Å². The van der Waals surface area contributed by atoms with Gasteiger partial charge in [0.15, 0.2) is 0 Å². The summed E-state index contributed by atoms with van der Waals surface area (Å²) in [6.45, 7) is 6.00. The van der Waals surface area contributed by atoms with Crippen LogP contribution >= 0.6 is 0 Å². The van der Waals surface area contributed by atoms with Gasteiger partial charge in [-0.25, -0.2) is 8.42 Å². The second kappa shape index (κ2) is 16.0. The summed E-state index contributed by atoms with van der Waals surface area (Å²) in [6.07, 6.45) is 9.58. The van der Waals surface area contributed by atoms with E-state index in [-0.39, 0.29) is 17.2 Å². The van der Waals surface area contributed by atoms with Gasteiger partial charge in [0, 0.05) is 63.4 Å². The number of piperazine rings is 1. The van der Waals surface area contributed by atoms with E-state index in [1.165, 1.54) is 82.0 Å². The van der Waals surface area contributed by atoms with Crippen LogP contribution in [-0.2, 0) is 34.2 Å². The molecule has 11 heteroatoms. The minimum Gasteiger partial charge on any atom is -0.401 e. The maximum Gasteiger partial charge on any atom is 0.261 e. The van der Waals surface area contributed by atoms with Gasteiger partial charge in [0.05, 0.1) is 4.90 Å². The van der Waals surface area contributed by atoms with Crippen molar-refractivity contribution in [3.63, 3.8) is 0 Å². The molecule has 10 nitrogen and oxygen atoms in total. The number of nitrogens with zero attached hydrogens (tertiary/aromatic N) is 2. The Kier molecular flexibility index (Phi) is 12.5. The molecule has 1 aliphatic carbocycles. The number of hydrazine groups is 1. The van der Waals surface area contributed by atoms with Gasteiger partial charge < -0.3 is 21.4 Å². The van der Waals surface area contributed by atoms with Crippen molar-refractivity contribution < 1.29 is 13.2 Å². The number of allylic oxidation sites excluding steroid dienone is 1. The lowest BCUT2D eigenvalue weighted by Crippen LogP contribution is -2.43. The summed E-state index contributed by atoms with van der Waals surface area (Å²) in [5, 5.41) is 2.42. The number of benzene rings is 2. The number of sulfonamides is 1. The lowest BCUT2D eigenvalue weighted by atomic mass is 9.90. The Labute approximate surface area is 238 Å². The predicted octanol–water partition coefficient (Wildman–Crippen LogP) is 1.91. The molecule has 1 amide bonds. The first-order valence-corrected chi connectivity index (χ1v) is 15.2. The topological polar surface area (TPSA) is 146 Å². The monoisotopic (exact) mass is 569 g/mol. The summed E-state index contributed by atoms with van der Waals surface area (Å²) in [5.74, 6) is 4.74. The van der Waals surface area contributed by atoms with E-state index in [0.717, 1.165) is 12.7 Å². The molecule has 40 heavy (non-hydrogen) atoms. The Morgan fingerprint density at radius 1 is 0.950 bits per heavy atom. The number of hydrogen-bond donors (Lipinski definition) is 5. The third-order valence-corrected chi connectivity index (χ3v) is 8.27. The lowest BCUT2D eigenvalue weighted by molar-refractivity contribution is -0.120. The highest BCUT2D eigenvalue weighted by atomic mass is 32.2. The highest BCUT2D eigenvalue weighted by Crippen LogP contribution is 2.23. The van der Waals surface area contributed by atoms with Crippen LogP contribution in [0.3, 0.4) is 0 Å². The van der Waals surface area contributed by atoms with E-state index in [2.05, 4.69) is 50.5 Å². The van der Waals surface area contributed by atoms with Crippen molar-refractivity contribution in [2.45, 2.75) is 50.0 Å². The number of aryl methyl sites for hydroxylation is 2. The molecule has 1 aliphatic heterocycles. The van der Waals surface area contributed by atoms with E-state index in [0.29, 0.717) is 12.1 Å². The summed E-state index contributed by atoms with van der Waals surface area (Å²) in [7, 11) is -1.41. The van der Waals surface area contributed by atoms with Crippen molar-refractivity contribution in [2.75, 3.05) is 33.2 Å². The summed E-state index contributed by atoms with van der Waals surface area (Å²) >= 11 is 0. The minimum atomic E-state index is -3.63. The van der Waals surface area contributed by atoms with Gasteiger partial charge in [-0.05, 0) is 68.0 Å². The summed E-state index contributed by atoms with van der Waals surface area (Å²) < 4.78 is 25.9. The number of carbonyl (C=O) groups is 1. The minimum absolute atomic E-state index is 0.137. The molecular formula is C29H43N7O3S. The smallest absolute Gasteiger partial charge is 0.261 e. The maximum atomic E-state index is 11.8. The molecule has 2 aromatic carbocycles. The zero-order valence-electron chi connectivity index (χ0n) is 23.3. The summed E-state index contributed by atoms with van der Waals surface area (Å²) in [4.78, 5) is 16.6. The normalized spacial score (nSPS) is 16.5. The second-order valence-corrected chi connectivity index (χ2v) is 11.8. The van der Waals surface area contributed by atoms with E-state index in [1.54, 1.807) is 29.3 Å². The zero-order valence-corrected chi connectivity index (χ0v) is 24.1. The Morgan fingerprint density at radius 3 is 2.35 bits per heavy atom. The third-order valence-electron chi connectivity index (χ3n) is 6.93. The molecule has 1 saturated heterocycles. The first-order valence-electron chi connectivity index (χ1n) is 13.7. The Bertz CT molecular complexity index is 1240. The Balaban J connectivity index is 0.000000224. The van der Waals surface area contributed by atoms with Crippen molar-refractivity contribution in [2.24, 2.45) is 11.6 Å². The number of fused-ring (bicyclic) bond motifs is 1. The first-order chi connectivity index (χ1) is 19.3. The van der Waals surface area contributed by atoms with Gasteiger partial charge >= 0.3 is 0 Å². The molecule has 1 heterocycles. The van der Waals surface area contributed by atoms with Crippen LogP contribution in [0.25, 0.3) is 0 Å². The molecule has 4 rings (SSSR count). The van der Waals surface area contributed by atoms with Crippen LogP contribution in [0.2, 0.25) is 0 Å². The molecule has 0 bridgehead atoms. The molecule has 0 spiro atoms. The fourth-order valence-corrected chi connectivity index (χ4v) is 5.48. The molecule has 0 aromatic heterocycles. The fraction of sp³-hybridized carbons (Fsp3) is 0.414. The average molecular weight is 570 g/mol. The van der Waals surface area contributed by atoms with Gasteiger partial charge in [0.2, 0.25) is 5.91 Å². The third kappa shape index (κ3) is 10.6. The average Bonchev–Trinajstić information content (AvgIpc) is 2.96. The van der Waals surface area contributed by atoms with Crippen LogP contribution in [0, 0.1) is 0 Å². The maximum absolute atomic E-state index is 11.8. The van der Waals surface area contributed by atoms with Gasteiger partial charge in [0.25, 0.3) is 10.0 Å². The fourth-order valence-electron chi connectivity index (χ4n) is 4.58. The van der Waals surface area contributed by atoms with Crippen LogP contribution in [0.5, 0.6) is 0 Å². The molecule has 2 aromatic rings. The number of carbonyl (C=O) groups excluding carboxylic acids is 1. The van der Waals surface area contributed by atoms with Crippen LogP contribution in [0.1, 0.15) is 42.4 Å². The van der Waals surface area contributed by atoms with Gasteiger partial charge in [-0.15, -0.1) is 0 Å². The standard InChI is InChI=1S/C16H24N2.C13H19N5O3S/c1-17-8-10-18(11-9-17)13-14-6-7-15-4-2-3-5-16(15)12-14;14-11(10-17-15)6-7-13(19)16-8-9-18-22(20,21)12-4-2-1-3-5-12/h6-7,12H,2-5,8-11,13H2,1H3;1-5,8-10,17-18H,6-7,14-15H2,(H,16,19)/b;9-8-,11-10-. The van der Waals surface area contributed by atoms with Crippen molar-refractivity contribution >= 4 is 15.9 Å². The van der Waals surface area contributed by atoms with Gasteiger partial charge in [0.1, 0.15) is 0 Å². The van der Waals surface area contributed by atoms with E-state index in [4.69, 9.17) is 11.6 Å². The molecule has 1 fully saturated rings. The first kappa shape index (κ1) is 31.2. The number of nitrogens with two attached hydrogens (primary N) is 2. The number of likely N-dealkylation sites (N-methyl/N-ethyl adjacent to an activating group) is 1. The van der Waals surface area contributed by atoms with E-state index in [9.17, 15) is 13.2 Å². The largest absolute Gasteiger partial charge is 0.401 e. The van der Waals surface area contributed by atoms with Crippen molar-refractivity contribution in [3.8, 4) is 0 Å². The van der Waals surface area contributed by atoms with Crippen LogP contribution < -0.4 is 27.0 Å². The zero-order chi connectivity index (χ0) is 28.8. The van der Waals surface area contributed by atoms with Crippen molar-refractivity contribution in [1.82, 2.24) is 25.3 Å². The van der Waals surface area contributed by atoms with Crippen LogP contribution in [0.15, 0.2) is 77.7 Å². The lowest BCUT2D eigenvalue weighted by Gasteiger charge is -2.32. The highest BCUT2D eigenvalue weighted by Gasteiger charge is 2.15. The molecule has 0 unspecified atom stereocenters. The molecule has 218 valence electrons. The number of nitrogens with one attached hydrogen (secondary N) is 3. The SMILES string of the molecule is CN1CCN(Cc2ccc3c(c2)CCCC3)CC1.NN/C=C(\N)CCC(=O)N/C=C\NS(=O)(=O)c1ccccc1. The molecule has 0 saturated carbocycles. The number of hydrogen-bond acceptors (Lipinski definition) is 8. The highest BCUT2D eigenvalue weighted by molar-refractivity contribution is 7.89. The molecule has 0 atom stereocenters. The Hall–Kier alpha value is -3.38. The van der Waals surface area contributed by atoms with Gasteiger partial charge in [-0.2, -0.15) is 0 Å². The number of rotatable bonds is 10.